The van der Waals surface area contributed by atoms with Crippen molar-refractivity contribution in [3.8, 4) is 11.1 Å². The van der Waals surface area contributed by atoms with E-state index in [0.717, 1.165) is 27.8 Å². The number of likely N-dealkylation sites (tertiary alicyclic amines) is 1. The highest BCUT2D eigenvalue weighted by atomic mass is 16.2. The highest BCUT2D eigenvalue weighted by Gasteiger charge is 2.33. The zero-order valence-corrected chi connectivity index (χ0v) is 27.3. The fraction of sp³-hybridized carbons (Fsp3) is 0.143. The average molecular weight is 648 g/mol. The monoisotopic (exact) mass is 647 g/mol. The van der Waals surface area contributed by atoms with E-state index in [1.54, 1.807) is 53.4 Å². The van der Waals surface area contributed by atoms with Gasteiger partial charge in [0, 0.05) is 29.4 Å². The van der Waals surface area contributed by atoms with E-state index in [9.17, 15) is 19.2 Å². The van der Waals surface area contributed by atoms with Crippen molar-refractivity contribution < 1.29 is 19.2 Å². The van der Waals surface area contributed by atoms with Gasteiger partial charge in [-0.1, -0.05) is 115 Å². The van der Waals surface area contributed by atoms with Gasteiger partial charge in [-0.15, -0.1) is 0 Å². The number of ketones is 1. The third-order valence-electron chi connectivity index (χ3n) is 8.60. The highest BCUT2D eigenvalue weighted by Crippen LogP contribution is 2.26. The Balaban J connectivity index is 1.15. The van der Waals surface area contributed by atoms with E-state index in [-0.39, 0.29) is 35.5 Å². The molecular weight excluding hydrogens is 610 g/mol. The van der Waals surface area contributed by atoms with Crippen LogP contribution in [0.3, 0.4) is 0 Å². The predicted molar refractivity (Wildman–Crippen MR) is 194 cm³/mol. The van der Waals surface area contributed by atoms with Crippen molar-refractivity contribution >= 4 is 41.0 Å². The maximum Gasteiger partial charge on any atom is 0.247 e. The fourth-order valence-electron chi connectivity index (χ4n) is 5.96. The molecule has 0 unspecified atom stereocenters. The molecule has 49 heavy (non-hydrogen) atoms. The van der Waals surface area contributed by atoms with Crippen LogP contribution in [0.2, 0.25) is 0 Å². The molecule has 6 rings (SSSR count). The molecular formula is C42H37N3O4. The van der Waals surface area contributed by atoms with Crippen molar-refractivity contribution in [2.45, 2.75) is 32.2 Å². The maximum absolute atomic E-state index is 13.6. The summed E-state index contributed by atoms with van der Waals surface area (Å²) in [5.41, 5.74) is 6.50. The van der Waals surface area contributed by atoms with E-state index in [1.807, 2.05) is 79.7 Å². The number of amides is 3. The summed E-state index contributed by atoms with van der Waals surface area (Å²) in [6.07, 6.45) is 4.65. The van der Waals surface area contributed by atoms with Crippen LogP contribution < -0.4 is 10.6 Å². The first-order valence-electron chi connectivity index (χ1n) is 16.4. The lowest BCUT2D eigenvalue weighted by Gasteiger charge is -2.23. The van der Waals surface area contributed by atoms with Gasteiger partial charge in [-0.3, -0.25) is 19.2 Å². The smallest absolute Gasteiger partial charge is 0.247 e. The van der Waals surface area contributed by atoms with Crippen LogP contribution in [-0.2, 0) is 20.8 Å². The third-order valence-corrected chi connectivity index (χ3v) is 8.60. The normalized spacial score (nSPS) is 14.1. The molecule has 5 aromatic carbocycles. The van der Waals surface area contributed by atoms with Crippen LogP contribution in [0, 0.1) is 6.92 Å². The molecule has 1 fully saturated rings. The number of rotatable bonds is 10. The number of carbonyl (C=O) groups excluding carboxylic acids is 4. The predicted octanol–water partition coefficient (Wildman–Crippen LogP) is 7.72. The standard InChI is InChI=1S/C42H37N3O4/c1-29-14-16-31(17-15-29)27-39(46)44-37-24-23-35(28-36(37)41(48)34-11-6-3-7-12-34)43-42(49)38-13-8-26-45(38)40(47)25-20-30-18-21-33(22-19-30)32-9-4-2-5-10-32/h2-7,9-12,14-25,28,38H,8,13,26-27H2,1H3,(H,43,49)(H,44,46)/b25-20+/t38-/m0/s1. The Bertz CT molecular complexity index is 1990. The van der Waals surface area contributed by atoms with E-state index in [0.29, 0.717) is 36.3 Å². The van der Waals surface area contributed by atoms with Gasteiger partial charge in [0.25, 0.3) is 0 Å². The van der Waals surface area contributed by atoms with Crippen molar-refractivity contribution in [1.82, 2.24) is 4.90 Å². The second-order valence-electron chi connectivity index (χ2n) is 12.2. The number of hydrogen-bond donors (Lipinski definition) is 2. The summed E-state index contributed by atoms with van der Waals surface area (Å²) in [7, 11) is 0. The van der Waals surface area contributed by atoms with Gasteiger partial charge >= 0.3 is 0 Å². The number of nitrogens with zero attached hydrogens (tertiary/aromatic N) is 1. The number of aryl methyl sites for hydroxylation is 1. The first kappa shape index (κ1) is 32.8. The highest BCUT2D eigenvalue weighted by molar-refractivity contribution is 6.15. The summed E-state index contributed by atoms with van der Waals surface area (Å²) in [6.45, 7) is 2.45. The minimum absolute atomic E-state index is 0.150. The minimum atomic E-state index is -0.653. The first-order valence-corrected chi connectivity index (χ1v) is 16.4. The molecule has 5 aromatic rings. The molecule has 0 aromatic heterocycles. The topological polar surface area (TPSA) is 95.6 Å². The van der Waals surface area contributed by atoms with Crippen molar-refractivity contribution in [3.05, 3.63) is 161 Å². The Morgan fingerprint density at radius 2 is 1.43 bits per heavy atom. The Morgan fingerprint density at radius 3 is 2.14 bits per heavy atom. The number of anilines is 2. The first-order chi connectivity index (χ1) is 23.8. The SMILES string of the molecule is Cc1ccc(CC(=O)Nc2ccc(NC(=O)[C@@H]3CCCN3C(=O)/C=C/c3ccc(-c4ccccc4)cc3)cc2C(=O)c2ccccc2)cc1. The molecule has 1 saturated heterocycles. The lowest BCUT2D eigenvalue weighted by molar-refractivity contribution is -0.132. The fourth-order valence-corrected chi connectivity index (χ4v) is 5.96. The van der Waals surface area contributed by atoms with E-state index in [2.05, 4.69) is 22.8 Å². The lowest BCUT2D eigenvalue weighted by Crippen LogP contribution is -2.42. The van der Waals surface area contributed by atoms with Gasteiger partial charge in [0.15, 0.2) is 5.78 Å². The second-order valence-corrected chi connectivity index (χ2v) is 12.2. The van der Waals surface area contributed by atoms with Crippen LogP contribution in [0.15, 0.2) is 133 Å². The molecule has 3 amide bonds. The Morgan fingerprint density at radius 1 is 0.755 bits per heavy atom. The van der Waals surface area contributed by atoms with E-state index in [4.69, 9.17) is 0 Å². The van der Waals surface area contributed by atoms with Gasteiger partial charge in [0.05, 0.1) is 12.1 Å². The molecule has 1 aliphatic heterocycles. The van der Waals surface area contributed by atoms with E-state index in [1.165, 1.54) is 6.08 Å². The van der Waals surface area contributed by atoms with Gasteiger partial charge < -0.3 is 15.5 Å². The molecule has 1 atom stereocenters. The van der Waals surface area contributed by atoms with Crippen LogP contribution in [0.5, 0.6) is 0 Å². The van der Waals surface area contributed by atoms with Crippen molar-refractivity contribution in [2.75, 3.05) is 17.2 Å². The molecule has 0 aliphatic carbocycles. The van der Waals surface area contributed by atoms with Crippen molar-refractivity contribution in [3.63, 3.8) is 0 Å². The molecule has 244 valence electrons. The van der Waals surface area contributed by atoms with Crippen LogP contribution in [0.25, 0.3) is 17.2 Å². The van der Waals surface area contributed by atoms with Gasteiger partial charge in [0.1, 0.15) is 6.04 Å². The number of carbonyl (C=O) groups is 4. The summed E-state index contributed by atoms with van der Waals surface area (Å²) in [5.74, 6) is -1.12. The Kier molecular flexibility index (Phi) is 10.2. The molecule has 0 radical (unpaired) electrons. The van der Waals surface area contributed by atoms with E-state index < -0.39 is 6.04 Å². The van der Waals surface area contributed by atoms with Gasteiger partial charge in [0.2, 0.25) is 17.7 Å². The lowest BCUT2D eigenvalue weighted by atomic mass is 10.0. The summed E-state index contributed by atoms with van der Waals surface area (Å²) in [5, 5.41) is 5.80. The zero-order valence-electron chi connectivity index (χ0n) is 27.3. The third kappa shape index (κ3) is 8.26. The van der Waals surface area contributed by atoms with Gasteiger partial charge in [-0.25, -0.2) is 0 Å². The van der Waals surface area contributed by atoms with Gasteiger partial charge in [-0.2, -0.15) is 0 Å². The molecule has 7 nitrogen and oxygen atoms in total. The zero-order chi connectivity index (χ0) is 34.2. The molecule has 1 heterocycles. The Labute approximate surface area is 286 Å². The summed E-state index contributed by atoms with van der Waals surface area (Å²) < 4.78 is 0. The Hall–Kier alpha value is -6.08. The van der Waals surface area contributed by atoms with Crippen molar-refractivity contribution in [2.24, 2.45) is 0 Å². The molecule has 0 saturated carbocycles. The summed E-state index contributed by atoms with van der Waals surface area (Å²) in [4.78, 5) is 55.0. The molecule has 0 spiro atoms. The molecule has 0 bridgehead atoms. The number of benzene rings is 5. The molecule has 1 aliphatic rings. The van der Waals surface area contributed by atoms with Crippen LogP contribution in [0.1, 0.15) is 45.5 Å². The number of hydrogen-bond acceptors (Lipinski definition) is 4. The largest absolute Gasteiger partial charge is 0.327 e. The number of nitrogens with one attached hydrogen (secondary N) is 2. The van der Waals surface area contributed by atoms with Crippen molar-refractivity contribution in [1.29, 1.82) is 0 Å². The maximum atomic E-state index is 13.6. The van der Waals surface area contributed by atoms with Crippen LogP contribution >= 0.6 is 0 Å². The second kappa shape index (κ2) is 15.2. The van der Waals surface area contributed by atoms with Crippen LogP contribution in [0.4, 0.5) is 11.4 Å². The van der Waals surface area contributed by atoms with Gasteiger partial charge in [-0.05, 0) is 66.3 Å². The molecule has 2 N–H and O–H groups in total. The summed E-state index contributed by atoms with van der Waals surface area (Å²) >= 11 is 0. The summed E-state index contributed by atoms with van der Waals surface area (Å²) in [6, 6.07) is 38.7. The van der Waals surface area contributed by atoms with Crippen LogP contribution in [-0.4, -0.2) is 41.0 Å². The minimum Gasteiger partial charge on any atom is -0.327 e. The van der Waals surface area contributed by atoms with E-state index >= 15 is 0 Å². The average Bonchev–Trinajstić information content (AvgIpc) is 3.64. The quantitative estimate of drug-likeness (QED) is 0.120. The molecule has 7 heteroatoms.